The van der Waals surface area contributed by atoms with Gasteiger partial charge in [0.25, 0.3) is 0 Å². The molecule has 3 rings (SSSR count). The molecule has 3 nitrogen and oxygen atoms in total. The number of aromatic nitrogens is 2. The van der Waals surface area contributed by atoms with Gasteiger partial charge in [-0.15, -0.1) is 0 Å². The molecule has 19 heavy (non-hydrogen) atoms. The second-order valence-electron chi connectivity index (χ2n) is 5.27. The van der Waals surface area contributed by atoms with Gasteiger partial charge in [0, 0.05) is 11.8 Å². The molecular weight excluding hydrogens is 234 g/mol. The van der Waals surface area contributed by atoms with Crippen molar-refractivity contribution in [3.63, 3.8) is 0 Å². The Morgan fingerprint density at radius 3 is 2.89 bits per heavy atom. The van der Waals surface area contributed by atoms with Gasteiger partial charge in [-0.25, -0.2) is 9.97 Å². The molecule has 2 aromatic rings. The predicted molar refractivity (Wildman–Crippen MR) is 76.9 cm³/mol. The van der Waals surface area contributed by atoms with E-state index < -0.39 is 0 Å². The maximum atomic E-state index is 4.75. The smallest absolute Gasteiger partial charge is 0.145 e. The molecule has 1 aliphatic heterocycles. The number of aryl methyl sites for hydroxylation is 2. The minimum Gasteiger partial charge on any atom is -0.307 e. The van der Waals surface area contributed by atoms with Crippen LogP contribution in [0.15, 0.2) is 30.5 Å². The van der Waals surface area contributed by atoms with Crippen LogP contribution >= 0.6 is 0 Å². The van der Waals surface area contributed by atoms with Crippen molar-refractivity contribution < 1.29 is 0 Å². The summed E-state index contributed by atoms with van der Waals surface area (Å²) in [5, 5.41) is 3.45. The lowest BCUT2D eigenvalue weighted by Gasteiger charge is -2.11. The molecule has 1 aromatic heterocycles. The molecule has 0 amide bonds. The molecule has 1 atom stereocenters. The zero-order valence-corrected chi connectivity index (χ0v) is 11.5. The molecule has 1 unspecified atom stereocenters. The Morgan fingerprint density at radius 2 is 2.11 bits per heavy atom. The molecule has 0 saturated carbocycles. The molecule has 3 heteroatoms. The highest BCUT2D eigenvalue weighted by Crippen LogP contribution is 2.25. The van der Waals surface area contributed by atoms with E-state index in [0.29, 0.717) is 6.04 Å². The summed E-state index contributed by atoms with van der Waals surface area (Å²) in [5.41, 5.74) is 4.76. The first-order valence-electron chi connectivity index (χ1n) is 6.88. The summed E-state index contributed by atoms with van der Waals surface area (Å²) in [7, 11) is 0. The van der Waals surface area contributed by atoms with Crippen molar-refractivity contribution >= 4 is 0 Å². The summed E-state index contributed by atoms with van der Waals surface area (Å²) < 4.78 is 0. The highest BCUT2D eigenvalue weighted by atomic mass is 15.0. The summed E-state index contributed by atoms with van der Waals surface area (Å²) in [4.78, 5) is 9.18. The van der Waals surface area contributed by atoms with E-state index in [4.69, 9.17) is 4.98 Å². The molecule has 0 radical (unpaired) electrons. The SMILES string of the molecule is Cc1ccc(C)c(-c2ccnc(C3CCCN3)n2)c1. The van der Waals surface area contributed by atoms with Crippen molar-refractivity contribution in [3.05, 3.63) is 47.4 Å². The molecular formula is C16H19N3. The van der Waals surface area contributed by atoms with Gasteiger partial charge >= 0.3 is 0 Å². The van der Waals surface area contributed by atoms with Gasteiger partial charge in [-0.3, -0.25) is 0 Å². The van der Waals surface area contributed by atoms with Gasteiger partial charge in [-0.2, -0.15) is 0 Å². The summed E-state index contributed by atoms with van der Waals surface area (Å²) in [6.07, 6.45) is 4.22. The van der Waals surface area contributed by atoms with Crippen LogP contribution in [0.5, 0.6) is 0 Å². The van der Waals surface area contributed by atoms with Gasteiger partial charge < -0.3 is 5.32 Å². The molecule has 1 aliphatic rings. The average Bonchev–Trinajstić information content (AvgIpc) is 2.96. The third-order valence-electron chi connectivity index (χ3n) is 3.72. The zero-order chi connectivity index (χ0) is 13.2. The Morgan fingerprint density at radius 1 is 1.21 bits per heavy atom. The topological polar surface area (TPSA) is 37.8 Å². The fraction of sp³-hybridized carbons (Fsp3) is 0.375. The largest absolute Gasteiger partial charge is 0.307 e. The molecule has 1 N–H and O–H groups in total. The summed E-state index contributed by atoms with van der Waals surface area (Å²) in [6, 6.07) is 8.81. The molecule has 0 spiro atoms. The van der Waals surface area contributed by atoms with Gasteiger partial charge in [-0.1, -0.05) is 17.7 Å². The van der Waals surface area contributed by atoms with Crippen molar-refractivity contribution in [1.29, 1.82) is 0 Å². The van der Waals surface area contributed by atoms with Crippen molar-refractivity contribution in [2.24, 2.45) is 0 Å². The first kappa shape index (κ1) is 12.3. The number of nitrogens with one attached hydrogen (secondary N) is 1. The molecule has 0 aliphatic carbocycles. The maximum Gasteiger partial charge on any atom is 0.145 e. The quantitative estimate of drug-likeness (QED) is 0.893. The minimum atomic E-state index is 0.324. The average molecular weight is 253 g/mol. The second kappa shape index (κ2) is 5.10. The lowest BCUT2D eigenvalue weighted by Crippen LogP contribution is -2.15. The van der Waals surface area contributed by atoms with Gasteiger partial charge in [0.15, 0.2) is 0 Å². The monoisotopic (exact) mass is 253 g/mol. The van der Waals surface area contributed by atoms with Crippen molar-refractivity contribution in [3.8, 4) is 11.3 Å². The lowest BCUT2D eigenvalue weighted by atomic mass is 10.0. The van der Waals surface area contributed by atoms with Crippen LogP contribution in [-0.2, 0) is 0 Å². The Balaban J connectivity index is 2.00. The van der Waals surface area contributed by atoms with Crippen LogP contribution in [0.1, 0.15) is 35.8 Å². The second-order valence-corrected chi connectivity index (χ2v) is 5.27. The predicted octanol–water partition coefficient (Wildman–Crippen LogP) is 3.18. The number of nitrogens with zero attached hydrogens (tertiary/aromatic N) is 2. The van der Waals surface area contributed by atoms with Crippen LogP contribution in [0.2, 0.25) is 0 Å². The van der Waals surface area contributed by atoms with Crippen LogP contribution in [0.4, 0.5) is 0 Å². The zero-order valence-electron chi connectivity index (χ0n) is 11.5. The van der Waals surface area contributed by atoms with E-state index in [1.807, 2.05) is 12.3 Å². The first-order valence-corrected chi connectivity index (χ1v) is 6.88. The first-order chi connectivity index (χ1) is 9.24. The van der Waals surface area contributed by atoms with E-state index >= 15 is 0 Å². The van der Waals surface area contributed by atoms with Gasteiger partial charge in [0.05, 0.1) is 11.7 Å². The van der Waals surface area contributed by atoms with E-state index in [1.54, 1.807) is 0 Å². The van der Waals surface area contributed by atoms with E-state index in [1.165, 1.54) is 23.1 Å². The third kappa shape index (κ3) is 2.51. The van der Waals surface area contributed by atoms with Crippen molar-refractivity contribution in [2.75, 3.05) is 6.54 Å². The number of hydrogen-bond acceptors (Lipinski definition) is 3. The van der Waals surface area contributed by atoms with E-state index in [9.17, 15) is 0 Å². The minimum absolute atomic E-state index is 0.324. The highest BCUT2D eigenvalue weighted by Gasteiger charge is 2.19. The van der Waals surface area contributed by atoms with Crippen molar-refractivity contribution in [2.45, 2.75) is 32.7 Å². The number of benzene rings is 1. The van der Waals surface area contributed by atoms with Crippen LogP contribution < -0.4 is 5.32 Å². The van der Waals surface area contributed by atoms with Gasteiger partial charge in [-0.05, 0) is 50.9 Å². The fourth-order valence-electron chi connectivity index (χ4n) is 2.61. The van der Waals surface area contributed by atoms with Crippen LogP contribution in [0, 0.1) is 13.8 Å². The number of hydrogen-bond donors (Lipinski definition) is 1. The fourth-order valence-corrected chi connectivity index (χ4v) is 2.61. The van der Waals surface area contributed by atoms with E-state index in [2.05, 4.69) is 42.3 Å². The highest BCUT2D eigenvalue weighted by molar-refractivity contribution is 5.64. The summed E-state index contributed by atoms with van der Waals surface area (Å²) in [6.45, 7) is 5.32. The molecule has 0 bridgehead atoms. The van der Waals surface area contributed by atoms with Crippen LogP contribution in [0.3, 0.4) is 0 Å². The Hall–Kier alpha value is -1.74. The van der Waals surface area contributed by atoms with Gasteiger partial charge in [0.2, 0.25) is 0 Å². The summed E-state index contributed by atoms with van der Waals surface area (Å²) in [5.74, 6) is 0.927. The Labute approximate surface area is 114 Å². The lowest BCUT2D eigenvalue weighted by molar-refractivity contribution is 0.605. The van der Waals surface area contributed by atoms with Crippen LogP contribution in [-0.4, -0.2) is 16.5 Å². The standard InChI is InChI=1S/C16H19N3/c1-11-5-6-12(2)13(10-11)14-7-9-18-16(19-14)15-4-3-8-17-15/h5-7,9-10,15,17H,3-4,8H2,1-2H3. The maximum absolute atomic E-state index is 4.75. The van der Waals surface area contributed by atoms with Crippen LogP contribution in [0.25, 0.3) is 11.3 Å². The summed E-state index contributed by atoms with van der Waals surface area (Å²) >= 11 is 0. The molecule has 1 aromatic carbocycles. The third-order valence-corrected chi connectivity index (χ3v) is 3.72. The molecule has 98 valence electrons. The van der Waals surface area contributed by atoms with E-state index in [0.717, 1.165) is 24.5 Å². The molecule has 1 saturated heterocycles. The number of rotatable bonds is 2. The Bertz CT molecular complexity index is 586. The molecule has 2 heterocycles. The Kier molecular flexibility index (Phi) is 3.30. The normalized spacial score (nSPS) is 18.7. The van der Waals surface area contributed by atoms with Gasteiger partial charge in [0.1, 0.15) is 5.82 Å². The molecule has 1 fully saturated rings. The van der Waals surface area contributed by atoms with E-state index in [-0.39, 0.29) is 0 Å². The van der Waals surface area contributed by atoms with Crippen molar-refractivity contribution in [1.82, 2.24) is 15.3 Å².